The minimum absolute atomic E-state index is 0.694. The van der Waals surface area contributed by atoms with Crippen LogP contribution in [0, 0.1) is 0 Å². The van der Waals surface area contributed by atoms with Crippen molar-refractivity contribution in [2.24, 2.45) is 7.05 Å². The van der Waals surface area contributed by atoms with E-state index in [9.17, 15) is 4.79 Å². The number of carbonyl (C=O) groups excluding carboxylic acids is 1. The molecule has 0 unspecified atom stereocenters. The molecule has 1 aromatic heterocycles. The molecule has 2 nitrogen and oxygen atoms in total. The third-order valence-electron chi connectivity index (χ3n) is 3.25. The molecule has 0 amide bonds. The van der Waals surface area contributed by atoms with Gasteiger partial charge < -0.3 is 4.57 Å². The van der Waals surface area contributed by atoms with Crippen molar-refractivity contribution in [3.05, 3.63) is 59.1 Å². The molecule has 0 saturated heterocycles. The van der Waals surface area contributed by atoms with Gasteiger partial charge in [-0.15, -0.1) is 0 Å². The molecule has 0 saturated carbocycles. The van der Waals surface area contributed by atoms with Gasteiger partial charge >= 0.3 is 0 Å². The average molecular weight is 302 g/mol. The predicted molar refractivity (Wildman–Crippen MR) is 83.9 cm³/mol. The number of nitrogens with zero attached hydrogens (tertiary/aromatic N) is 1. The fourth-order valence-electron chi connectivity index (χ4n) is 2.27. The zero-order valence-electron chi connectivity index (χ0n) is 10.8. The highest BCUT2D eigenvalue weighted by molar-refractivity contribution is 7.99. The van der Waals surface area contributed by atoms with Gasteiger partial charge in [-0.2, -0.15) is 0 Å². The van der Waals surface area contributed by atoms with Gasteiger partial charge in [0.1, 0.15) is 0 Å². The number of rotatable bonds is 3. The zero-order valence-corrected chi connectivity index (χ0v) is 12.4. The second kappa shape index (κ2) is 5.35. The molecule has 0 spiro atoms. The van der Waals surface area contributed by atoms with Gasteiger partial charge in [0.2, 0.25) is 0 Å². The van der Waals surface area contributed by atoms with E-state index in [2.05, 4.69) is 0 Å². The Morgan fingerprint density at radius 2 is 1.80 bits per heavy atom. The van der Waals surface area contributed by atoms with Crippen LogP contribution in [-0.2, 0) is 7.05 Å². The van der Waals surface area contributed by atoms with E-state index in [4.69, 9.17) is 11.6 Å². The Morgan fingerprint density at radius 1 is 1.10 bits per heavy atom. The van der Waals surface area contributed by atoms with Gasteiger partial charge in [-0.3, -0.25) is 4.79 Å². The molecular weight excluding hydrogens is 290 g/mol. The monoisotopic (exact) mass is 301 g/mol. The number of para-hydroxylation sites is 1. The van der Waals surface area contributed by atoms with Crippen LogP contribution < -0.4 is 0 Å². The molecule has 0 fully saturated rings. The number of fused-ring (bicyclic) bond motifs is 1. The summed E-state index contributed by atoms with van der Waals surface area (Å²) in [7, 11) is 1.97. The van der Waals surface area contributed by atoms with Crippen LogP contribution in [0.15, 0.2) is 58.5 Å². The number of carbonyl (C=O) groups is 1. The van der Waals surface area contributed by atoms with Crippen LogP contribution >= 0.6 is 23.4 Å². The van der Waals surface area contributed by atoms with E-state index in [-0.39, 0.29) is 0 Å². The molecule has 0 aliphatic rings. The summed E-state index contributed by atoms with van der Waals surface area (Å²) in [5.41, 5.74) is 1.76. The van der Waals surface area contributed by atoms with Crippen LogP contribution in [-0.4, -0.2) is 10.9 Å². The molecule has 20 heavy (non-hydrogen) atoms. The van der Waals surface area contributed by atoms with E-state index in [1.54, 1.807) is 0 Å². The number of aldehydes is 1. The number of halogens is 1. The lowest BCUT2D eigenvalue weighted by molar-refractivity contribution is 0.112. The molecule has 0 aliphatic carbocycles. The molecule has 4 heteroatoms. The van der Waals surface area contributed by atoms with Crippen molar-refractivity contribution in [2.75, 3.05) is 0 Å². The van der Waals surface area contributed by atoms with Gasteiger partial charge in [0, 0.05) is 22.8 Å². The number of hydrogen-bond acceptors (Lipinski definition) is 2. The summed E-state index contributed by atoms with van der Waals surface area (Å²) in [4.78, 5) is 12.4. The van der Waals surface area contributed by atoms with E-state index in [0.717, 1.165) is 27.1 Å². The minimum Gasteiger partial charge on any atom is -0.338 e. The standard InChI is InChI=1S/C16H12ClNOS/c1-18-14-8-4-2-6-11(14)12(10-19)16(18)20-15-9-5-3-7-13(15)17/h2-10H,1H3. The Labute approximate surface area is 126 Å². The third-order valence-corrected chi connectivity index (χ3v) is 4.96. The Hall–Kier alpha value is -1.71. The smallest absolute Gasteiger partial charge is 0.153 e. The number of aromatic nitrogens is 1. The number of benzene rings is 2. The van der Waals surface area contributed by atoms with Crippen molar-refractivity contribution in [3.63, 3.8) is 0 Å². The molecule has 2 aromatic carbocycles. The van der Waals surface area contributed by atoms with Gasteiger partial charge in [-0.1, -0.05) is 53.7 Å². The van der Waals surface area contributed by atoms with Crippen LogP contribution in [0.4, 0.5) is 0 Å². The van der Waals surface area contributed by atoms with Crippen molar-refractivity contribution in [1.29, 1.82) is 0 Å². The van der Waals surface area contributed by atoms with Crippen molar-refractivity contribution in [1.82, 2.24) is 4.57 Å². The maximum absolute atomic E-state index is 11.5. The highest BCUT2D eigenvalue weighted by Gasteiger charge is 2.16. The first-order chi connectivity index (χ1) is 9.72. The zero-order chi connectivity index (χ0) is 14.1. The highest BCUT2D eigenvalue weighted by atomic mass is 35.5. The first-order valence-electron chi connectivity index (χ1n) is 6.17. The van der Waals surface area contributed by atoms with E-state index >= 15 is 0 Å². The van der Waals surface area contributed by atoms with E-state index in [0.29, 0.717) is 10.6 Å². The van der Waals surface area contributed by atoms with Crippen LogP contribution in [0.5, 0.6) is 0 Å². The van der Waals surface area contributed by atoms with Gasteiger partial charge in [-0.05, 0) is 18.2 Å². The van der Waals surface area contributed by atoms with Crippen molar-refractivity contribution in [2.45, 2.75) is 9.92 Å². The van der Waals surface area contributed by atoms with Crippen LogP contribution in [0.1, 0.15) is 10.4 Å². The summed E-state index contributed by atoms with van der Waals surface area (Å²) in [6.45, 7) is 0. The maximum atomic E-state index is 11.5. The van der Waals surface area contributed by atoms with Crippen molar-refractivity contribution in [3.8, 4) is 0 Å². The quantitative estimate of drug-likeness (QED) is 0.649. The third kappa shape index (κ3) is 2.13. The van der Waals surface area contributed by atoms with E-state index in [1.807, 2.05) is 60.1 Å². The summed E-state index contributed by atoms with van der Waals surface area (Å²) < 4.78 is 2.03. The van der Waals surface area contributed by atoms with E-state index < -0.39 is 0 Å². The SMILES string of the molecule is Cn1c(Sc2ccccc2Cl)c(C=O)c2ccccc21. The average Bonchev–Trinajstić information content (AvgIpc) is 2.74. The fourth-order valence-corrected chi connectivity index (χ4v) is 3.54. The first kappa shape index (κ1) is 13.3. The maximum Gasteiger partial charge on any atom is 0.153 e. The summed E-state index contributed by atoms with van der Waals surface area (Å²) in [5, 5.41) is 2.58. The second-order valence-electron chi connectivity index (χ2n) is 4.45. The molecule has 100 valence electrons. The summed E-state index contributed by atoms with van der Waals surface area (Å²) in [6.07, 6.45) is 0.918. The molecule has 3 rings (SSSR count). The largest absolute Gasteiger partial charge is 0.338 e. The van der Waals surface area contributed by atoms with Crippen molar-refractivity contribution < 1.29 is 4.79 Å². The minimum atomic E-state index is 0.694. The Bertz CT molecular complexity index is 794. The molecular formula is C16H12ClNOS. The van der Waals surface area contributed by atoms with Gasteiger partial charge in [0.25, 0.3) is 0 Å². The Morgan fingerprint density at radius 3 is 2.55 bits per heavy atom. The molecule has 0 bridgehead atoms. The second-order valence-corrected chi connectivity index (χ2v) is 5.88. The predicted octanol–water partition coefficient (Wildman–Crippen LogP) is 4.80. The van der Waals surface area contributed by atoms with Gasteiger partial charge in [0.15, 0.2) is 6.29 Å². The van der Waals surface area contributed by atoms with Gasteiger partial charge in [0.05, 0.1) is 15.6 Å². The van der Waals surface area contributed by atoms with Gasteiger partial charge in [-0.25, -0.2) is 0 Å². The number of hydrogen-bond donors (Lipinski definition) is 0. The summed E-state index contributed by atoms with van der Waals surface area (Å²) >= 11 is 7.72. The van der Waals surface area contributed by atoms with Crippen LogP contribution in [0.3, 0.4) is 0 Å². The Balaban J connectivity index is 2.19. The molecule has 0 aliphatic heterocycles. The molecule has 3 aromatic rings. The highest BCUT2D eigenvalue weighted by Crippen LogP contribution is 2.38. The lowest BCUT2D eigenvalue weighted by atomic mass is 10.2. The first-order valence-corrected chi connectivity index (χ1v) is 7.37. The van der Waals surface area contributed by atoms with Crippen molar-refractivity contribution >= 4 is 40.6 Å². The number of aryl methyl sites for hydroxylation is 1. The van der Waals surface area contributed by atoms with Crippen LogP contribution in [0.2, 0.25) is 5.02 Å². The lowest BCUT2D eigenvalue weighted by Crippen LogP contribution is -1.91. The normalized spacial score (nSPS) is 10.9. The fraction of sp³-hybridized carbons (Fsp3) is 0.0625. The van der Waals surface area contributed by atoms with E-state index in [1.165, 1.54) is 11.8 Å². The molecule has 0 radical (unpaired) electrons. The molecule has 0 atom stereocenters. The molecule has 0 N–H and O–H groups in total. The summed E-state index contributed by atoms with van der Waals surface area (Å²) in [6, 6.07) is 15.5. The topological polar surface area (TPSA) is 22.0 Å². The van der Waals surface area contributed by atoms with Crippen LogP contribution in [0.25, 0.3) is 10.9 Å². The summed E-state index contributed by atoms with van der Waals surface area (Å²) in [5.74, 6) is 0. The Kier molecular flexibility index (Phi) is 3.55. The molecule has 1 heterocycles. The lowest BCUT2D eigenvalue weighted by Gasteiger charge is -2.06.